The van der Waals surface area contributed by atoms with E-state index in [1.807, 2.05) is 7.11 Å². The second-order valence-corrected chi connectivity index (χ2v) is 12.9. The van der Waals surface area contributed by atoms with E-state index in [9.17, 15) is 0 Å². The van der Waals surface area contributed by atoms with Crippen LogP contribution in [0.25, 0.3) is 0 Å². The van der Waals surface area contributed by atoms with Crippen LogP contribution in [-0.4, -0.2) is 24.9 Å². The Kier molecular flexibility index (Phi) is 5.26. The predicted molar refractivity (Wildman–Crippen MR) is 123 cm³/mol. The highest BCUT2D eigenvalue weighted by Crippen LogP contribution is 2.67. The van der Waals surface area contributed by atoms with Gasteiger partial charge in [-0.15, -0.1) is 0 Å². The summed E-state index contributed by atoms with van der Waals surface area (Å²) in [6.07, 6.45) is 17.3. The van der Waals surface area contributed by atoms with Gasteiger partial charge in [0.1, 0.15) is 0 Å². The third-order valence-corrected chi connectivity index (χ3v) is 11.2. The van der Waals surface area contributed by atoms with Crippen LogP contribution in [0.3, 0.4) is 0 Å². The summed E-state index contributed by atoms with van der Waals surface area (Å²) >= 11 is 0. The molecular formula is C28H46O2. The van der Waals surface area contributed by atoms with Crippen molar-refractivity contribution in [3.8, 4) is 0 Å². The lowest BCUT2D eigenvalue weighted by atomic mass is 9.47. The average Bonchev–Trinajstić information content (AvgIpc) is 3.16. The van der Waals surface area contributed by atoms with E-state index in [-0.39, 0.29) is 5.60 Å². The van der Waals surface area contributed by atoms with Crippen LogP contribution < -0.4 is 0 Å². The van der Waals surface area contributed by atoms with Crippen molar-refractivity contribution < 1.29 is 9.47 Å². The second-order valence-electron chi connectivity index (χ2n) is 12.9. The Labute approximate surface area is 185 Å². The molecule has 0 aromatic heterocycles. The fraction of sp³-hybridized carbons (Fsp3) is 0.929. The SMILES string of the molecule is CO[C@H]1CC[C@@]2(C)C(=CC[C@H]3[C@@H]4CC[C@H]([C@H](C)CC[C@@H]5OC5(C)C)[C@@]4(C)CC[C@@H]32)C1. The van der Waals surface area contributed by atoms with Crippen LogP contribution in [0, 0.1) is 40.4 Å². The van der Waals surface area contributed by atoms with Gasteiger partial charge in [0.15, 0.2) is 0 Å². The molecule has 0 radical (unpaired) electrons. The third-order valence-electron chi connectivity index (χ3n) is 11.2. The number of fused-ring (bicyclic) bond motifs is 5. The summed E-state index contributed by atoms with van der Waals surface area (Å²) in [6, 6.07) is 0. The summed E-state index contributed by atoms with van der Waals surface area (Å²) in [5, 5.41) is 0. The molecule has 1 saturated heterocycles. The molecule has 30 heavy (non-hydrogen) atoms. The lowest BCUT2D eigenvalue weighted by molar-refractivity contribution is -0.0601. The highest BCUT2D eigenvalue weighted by Gasteiger charge is 2.59. The maximum absolute atomic E-state index is 5.88. The van der Waals surface area contributed by atoms with Gasteiger partial charge in [-0.25, -0.2) is 0 Å². The zero-order valence-electron chi connectivity index (χ0n) is 20.5. The molecule has 3 saturated carbocycles. The molecule has 0 aromatic carbocycles. The van der Waals surface area contributed by atoms with E-state index in [1.54, 1.807) is 5.57 Å². The molecule has 4 aliphatic carbocycles. The third kappa shape index (κ3) is 3.26. The molecule has 2 nitrogen and oxygen atoms in total. The summed E-state index contributed by atoms with van der Waals surface area (Å²) in [6.45, 7) is 12.4. The topological polar surface area (TPSA) is 21.8 Å². The molecule has 0 aromatic rings. The molecule has 9 atom stereocenters. The largest absolute Gasteiger partial charge is 0.381 e. The Morgan fingerprint density at radius 1 is 1.07 bits per heavy atom. The van der Waals surface area contributed by atoms with Gasteiger partial charge in [0.2, 0.25) is 0 Å². The quantitative estimate of drug-likeness (QED) is 0.351. The van der Waals surface area contributed by atoms with Crippen LogP contribution in [0.5, 0.6) is 0 Å². The smallest absolute Gasteiger partial charge is 0.0892 e. The standard InChI is InChI=1S/C28H46O2/c1-18(7-12-25-26(2,3)30-25)22-10-11-23-21-9-8-19-17-20(29-6)13-15-27(19,4)24(21)14-16-28(22,23)5/h8,18,20-25H,7,9-17H2,1-6H3/t18-,20+,21+,22-,23+,24+,25+,27+,28-/m1/s1. The molecule has 0 amide bonds. The van der Waals surface area contributed by atoms with Crippen molar-refractivity contribution >= 4 is 0 Å². The number of hydrogen-bond donors (Lipinski definition) is 0. The van der Waals surface area contributed by atoms with E-state index < -0.39 is 0 Å². The monoisotopic (exact) mass is 414 g/mol. The van der Waals surface area contributed by atoms with Crippen LogP contribution in [-0.2, 0) is 9.47 Å². The van der Waals surface area contributed by atoms with Gasteiger partial charge in [-0.1, -0.05) is 32.4 Å². The molecule has 4 fully saturated rings. The highest BCUT2D eigenvalue weighted by atomic mass is 16.6. The first-order valence-corrected chi connectivity index (χ1v) is 13.1. The fourth-order valence-corrected chi connectivity index (χ4v) is 9.16. The first kappa shape index (κ1) is 21.5. The van der Waals surface area contributed by atoms with Gasteiger partial charge in [0, 0.05) is 7.11 Å². The molecular weight excluding hydrogens is 368 g/mol. The van der Waals surface area contributed by atoms with E-state index >= 15 is 0 Å². The molecule has 0 N–H and O–H groups in total. The van der Waals surface area contributed by atoms with E-state index in [0.717, 1.165) is 29.6 Å². The Morgan fingerprint density at radius 2 is 1.83 bits per heavy atom. The van der Waals surface area contributed by atoms with Crippen molar-refractivity contribution in [1.29, 1.82) is 0 Å². The lowest BCUT2D eigenvalue weighted by Gasteiger charge is -2.58. The van der Waals surface area contributed by atoms with Crippen LogP contribution in [0.15, 0.2) is 11.6 Å². The van der Waals surface area contributed by atoms with Gasteiger partial charge in [0.05, 0.1) is 17.8 Å². The highest BCUT2D eigenvalue weighted by molar-refractivity contribution is 5.25. The molecule has 0 spiro atoms. The Hall–Kier alpha value is -0.340. The van der Waals surface area contributed by atoms with Gasteiger partial charge in [0.25, 0.3) is 0 Å². The maximum Gasteiger partial charge on any atom is 0.0892 e. The molecule has 5 aliphatic rings. The number of methoxy groups -OCH3 is 1. The van der Waals surface area contributed by atoms with Crippen molar-refractivity contribution in [2.45, 2.75) is 117 Å². The zero-order chi connectivity index (χ0) is 21.3. The number of rotatable bonds is 5. The number of epoxide rings is 1. The van der Waals surface area contributed by atoms with E-state index in [2.05, 4.69) is 40.7 Å². The molecule has 170 valence electrons. The fourth-order valence-electron chi connectivity index (χ4n) is 9.16. The zero-order valence-corrected chi connectivity index (χ0v) is 20.5. The minimum Gasteiger partial charge on any atom is -0.381 e. The number of allylic oxidation sites excluding steroid dienone is 1. The number of ether oxygens (including phenoxy) is 2. The first-order chi connectivity index (χ1) is 14.2. The predicted octanol–water partition coefficient (Wildman–Crippen LogP) is 7.17. The summed E-state index contributed by atoms with van der Waals surface area (Å²) in [4.78, 5) is 0. The molecule has 5 rings (SSSR count). The van der Waals surface area contributed by atoms with Crippen molar-refractivity contribution in [2.24, 2.45) is 40.4 Å². The number of hydrogen-bond acceptors (Lipinski definition) is 2. The van der Waals surface area contributed by atoms with Crippen LogP contribution in [0.4, 0.5) is 0 Å². The van der Waals surface area contributed by atoms with Crippen LogP contribution >= 0.6 is 0 Å². The van der Waals surface area contributed by atoms with Crippen molar-refractivity contribution in [3.63, 3.8) is 0 Å². The van der Waals surface area contributed by atoms with Gasteiger partial charge in [-0.05, 0) is 118 Å². The Morgan fingerprint density at radius 3 is 2.53 bits per heavy atom. The van der Waals surface area contributed by atoms with Crippen molar-refractivity contribution in [2.75, 3.05) is 7.11 Å². The summed E-state index contributed by atoms with van der Waals surface area (Å²) in [7, 11) is 1.90. The molecule has 0 unspecified atom stereocenters. The molecule has 1 heterocycles. The van der Waals surface area contributed by atoms with E-state index in [1.165, 1.54) is 64.2 Å². The first-order valence-electron chi connectivity index (χ1n) is 13.1. The normalized spacial score (nSPS) is 50.1. The second kappa shape index (κ2) is 7.34. The van der Waals surface area contributed by atoms with Gasteiger partial charge in [-0.2, -0.15) is 0 Å². The lowest BCUT2D eigenvalue weighted by Crippen LogP contribution is -2.51. The van der Waals surface area contributed by atoms with E-state index in [4.69, 9.17) is 9.47 Å². The Balaban J connectivity index is 1.30. The van der Waals surface area contributed by atoms with Gasteiger partial charge >= 0.3 is 0 Å². The van der Waals surface area contributed by atoms with Gasteiger partial charge < -0.3 is 9.47 Å². The van der Waals surface area contributed by atoms with Gasteiger partial charge in [-0.3, -0.25) is 0 Å². The van der Waals surface area contributed by atoms with Crippen LogP contribution in [0.1, 0.15) is 98.8 Å². The van der Waals surface area contributed by atoms with Crippen molar-refractivity contribution in [3.05, 3.63) is 11.6 Å². The van der Waals surface area contributed by atoms with Crippen LogP contribution in [0.2, 0.25) is 0 Å². The Bertz CT molecular complexity index is 695. The van der Waals surface area contributed by atoms with Crippen molar-refractivity contribution in [1.82, 2.24) is 0 Å². The molecule has 0 bridgehead atoms. The minimum atomic E-state index is 0.156. The van der Waals surface area contributed by atoms with E-state index in [0.29, 0.717) is 23.0 Å². The maximum atomic E-state index is 5.88. The summed E-state index contributed by atoms with van der Waals surface area (Å²) < 4.78 is 11.6. The summed E-state index contributed by atoms with van der Waals surface area (Å²) in [5.74, 6) is 4.57. The molecule has 1 aliphatic heterocycles. The summed E-state index contributed by atoms with van der Waals surface area (Å²) in [5.41, 5.74) is 2.94. The minimum absolute atomic E-state index is 0.156. The average molecular weight is 415 g/mol. The molecule has 2 heteroatoms.